The first-order chi connectivity index (χ1) is 8.48. The van der Waals surface area contributed by atoms with E-state index in [1.54, 1.807) is 30.1 Å². The van der Waals surface area contributed by atoms with Crippen LogP contribution in [0.25, 0.3) is 0 Å². The lowest BCUT2D eigenvalue weighted by Crippen LogP contribution is -2.35. The second kappa shape index (κ2) is 5.09. The van der Waals surface area contributed by atoms with Crippen LogP contribution >= 0.6 is 0 Å². The molecule has 1 N–H and O–H groups in total. The molecule has 1 aromatic heterocycles. The molecule has 2 heterocycles. The number of sulfone groups is 1. The Balaban J connectivity index is 1.82. The average molecular weight is 271 g/mol. The van der Waals surface area contributed by atoms with Crippen LogP contribution in [0.4, 0.5) is 0 Å². The van der Waals surface area contributed by atoms with Gasteiger partial charge in [-0.05, 0) is 25.3 Å². The molecule has 1 amide bonds. The number of nitrogens with one attached hydrogen (secondary N) is 1. The number of carbonyl (C=O) groups excluding carboxylic acids is 1. The number of carbonyl (C=O) groups is 1. The highest BCUT2D eigenvalue weighted by atomic mass is 32.2. The van der Waals surface area contributed by atoms with Crippen molar-refractivity contribution in [3.8, 4) is 0 Å². The standard InChI is InChI=1S/C11H17N3O3S/c1-9(14-5-2-4-13-14)11(15)12-7-10-3-6-18(16,17)8-10/h2,4-5,9-10H,3,6-8H2,1H3,(H,12,15). The molecule has 6 nitrogen and oxygen atoms in total. The second-order valence-electron chi connectivity index (χ2n) is 4.68. The summed E-state index contributed by atoms with van der Waals surface area (Å²) >= 11 is 0. The van der Waals surface area contributed by atoms with Gasteiger partial charge in [-0.2, -0.15) is 5.10 Å². The Labute approximate surface area is 106 Å². The minimum absolute atomic E-state index is 0.0452. The van der Waals surface area contributed by atoms with Crippen molar-refractivity contribution in [3.05, 3.63) is 18.5 Å². The van der Waals surface area contributed by atoms with Gasteiger partial charge >= 0.3 is 0 Å². The van der Waals surface area contributed by atoms with Crippen molar-refractivity contribution in [2.24, 2.45) is 5.92 Å². The van der Waals surface area contributed by atoms with E-state index in [0.29, 0.717) is 13.0 Å². The molecule has 1 aliphatic heterocycles. The molecule has 1 aromatic rings. The molecule has 0 spiro atoms. The summed E-state index contributed by atoms with van der Waals surface area (Å²) in [4.78, 5) is 11.8. The van der Waals surface area contributed by atoms with Crippen molar-refractivity contribution in [3.63, 3.8) is 0 Å². The van der Waals surface area contributed by atoms with E-state index in [1.165, 1.54) is 0 Å². The van der Waals surface area contributed by atoms with Gasteiger partial charge in [0, 0.05) is 18.9 Å². The van der Waals surface area contributed by atoms with E-state index >= 15 is 0 Å². The molecule has 0 aliphatic carbocycles. The molecule has 100 valence electrons. The van der Waals surface area contributed by atoms with Crippen LogP contribution < -0.4 is 5.32 Å². The van der Waals surface area contributed by atoms with Crippen molar-refractivity contribution in [1.82, 2.24) is 15.1 Å². The molecular formula is C11H17N3O3S. The summed E-state index contributed by atoms with van der Waals surface area (Å²) in [5.74, 6) is 0.331. The largest absolute Gasteiger partial charge is 0.354 e. The van der Waals surface area contributed by atoms with Crippen LogP contribution in [0.5, 0.6) is 0 Å². The van der Waals surface area contributed by atoms with Crippen LogP contribution in [0, 0.1) is 5.92 Å². The quantitative estimate of drug-likeness (QED) is 0.835. The third-order valence-electron chi connectivity index (χ3n) is 3.19. The van der Waals surface area contributed by atoms with E-state index < -0.39 is 9.84 Å². The highest BCUT2D eigenvalue weighted by Crippen LogP contribution is 2.17. The van der Waals surface area contributed by atoms with E-state index in [2.05, 4.69) is 10.4 Å². The molecule has 0 aromatic carbocycles. The van der Waals surface area contributed by atoms with Gasteiger partial charge in [-0.15, -0.1) is 0 Å². The summed E-state index contributed by atoms with van der Waals surface area (Å²) in [6.07, 6.45) is 3.98. The zero-order valence-electron chi connectivity index (χ0n) is 10.2. The molecular weight excluding hydrogens is 254 g/mol. The van der Waals surface area contributed by atoms with Gasteiger partial charge in [0.25, 0.3) is 0 Å². The van der Waals surface area contributed by atoms with Gasteiger partial charge in [-0.25, -0.2) is 8.42 Å². The maximum absolute atomic E-state index is 11.8. The van der Waals surface area contributed by atoms with E-state index in [0.717, 1.165) is 0 Å². The number of nitrogens with zero attached hydrogens (tertiary/aromatic N) is 2. The van der Waals surface area contributed by atoms with E-state index in [9.17, 15) is 13.2 Å². The maximum atomic E-state index is 11.8. The van der Waals surface area contributed by atoms with Crippen molar-refractivity contribution in [2.45, 2.75) is 19.4 Å². The predicted molar refractivity (Wildman–Crippen MR) is 66.7 cm³/mol. The predicted octanol–water partition coefficient (Wildman–Crippen LogP) is -0.00500. The molecule has 1 fully saturated rings. The SMILES string of the molecule is CC(C(=O)NCC1CCS(=O)(=O)C1)n1cccn1. The van der Waals surface area contributed by atoms with E-state index in [-0.39, 0.29) is 29.4 Å². The van der Waals surface area contributed by atoms with Gasteiger partial charge in [-0.3, -0.25) is 9.48 Å². The van der Waals surface area contributed by atoms with Crippen molar-refractivity contribution in [1.29, 1.82) is 0 Å². The van der Waals surface area contributed by atoms with Crippen molar-refractivity contribution in [2.75, 3.05) is 18.1 Å². The van der Waals surface area contributed by atoms with Crippen LogP contribution in [0.3, 0.4) is 0 Å². The van der Waals surface area contributed by atoms with Gasteiger partial charge in [0.15, 0.2) is 9.84 Å². The topological polar surface area (TPSA) is 81.1 Å². The fraction of sp³-hybridized carbons (Fsp3) is 0.636. The average Bonchev–Trinajstić information content (AvgIpc) is 2.94. The Hall–Kier alpha value is -1.37. The zero-order valence-corrected chi connectivity index (χ0v) is 11.1. The summed E-state index contributed by atoms with van der Waals surface area (Å²) in [5, 5.41) is 6.79. The first kappa shape index (κ1) is 13.1. The van der Waals surface area contributed by atoms with Crippen LogP contribution in [0.2, 0.25) is 0 Å². The molecule has 18 heavy (non-hydrogen) atoms. The first-order valence-electron chi connectivity index (χ1n) is 5.95. The van der Waals surface area contributed by atoms with Crippen LogP contribution in [0.1, 0.15) is 19.4 Å². The fourth-order valence-electron chi connectivity index (χ4n) is 2.06. The highest BCUT2D eigenvalue weighted by Gasteiger charge is 2.28. The summed E-state index contributed by atoms with van der Waals surface area (Å²) < 4.78 is 24.1. The van der Waals surface area contributed by atoms with E-state index in [4.69, 9.17) is 0 Å². The molecule has 0 saturated carbocycles. The zero-order chi connectivity index (χ0) is 13.2. The van der Waals surface area contributed by atoms with Gasteiger partial charge in [0.2, 0.25) is 5.91 Å². The molecule has 7 heteroatoms. The summed E-state index contributed by atoms with van der Waals surface area (Å²) in [5.41, 5.74) is 0. The highest BCUT2D eigenvalue weighted by molar-refractivity contribution is 7.91. The molecule has 1 aliphatic rings. The molecule has 2 unspecified atom stereocenters. The minimum atomic E-state index is -2.88. The number of amides is 1. The lowest BCUT2D eigenvalue weighted by atomic mass is 10.1. The Bertz CT molecular complexity index is 510. The van der Waals surface area contributed by atoms with Crippen molar-refractivity contribution < 1.29 is 13.2 Å². The summed E-state index contributed by atoms with van der Waals surface area (Å²) in [7, 11) is -2.88. The summed E-state index contributed by atoms with van der Waals surface area (Å²) in [6, 6.07) is 1.38. The number of hydrogen-bond acceptors (Lipinski definition) is 4. The Morgan fingerprint density at radius 3 is 2.94 bits per heavy atom. The first-order valence-corrected chi connectivity index (χ1v) is 7.77. The number of aromatic nitrogens is 2. The van der Waals surface area contributed by atoms with Crippen LogP contribution in [0.15, 0.2) is 18.5 Å². The van der Waals surface area contributed by atoms with Gasteiger partial charge in [-0.1, -0.05) is 0 Å². The molecule has 0 bridgehead atoms. The van der Waals surface area contributed by atoms with Gasteiger partial charge in [0.05, 0.1) is 11.5 Å². The van der Waals surface area contributed by atoms with Gasteiger partial charge in [0.1, 0.15) is 6.04 Å². The van der Waals surface area contributed by atoms with E-state index in [1.807, 2.05) is 0 Å². The van der Waals surface area contributed by atoms with Gasteiger partial charge < -0.3 is 5.32 Å². The monoisotopic (exact) mass is 271 g/mol. The Morgan fingerprint density at radius 2 is 2.39 bits per heavy atom. The normalized spacial score (nSPS) is 23.7. The molecule has 2 rings (SSSR count). The lowest BCUT2D eigenvalue weighted by Gasteiger charge is -2.14. The minimum Gasteiger partial charge on any atom is -0.354 e. The third-order valence-corrected chi connectivity index (χ3v) is 5.03. The van der Waals surface area contributed by atoms with Crippen LogP contribution in [-0.2, 0) is 14.6 Å². The van der Waals surface area contributed by atoms with Crippen molar-refractivity contribution >= 4 is 15.7 Å². The smallest absolute Gasteiger partial charge is 0.244 e. The Morgan fingerprint density at radius 1 is 1.61 bits per heavy atom. The number of rotatable bonds is 4. The molecule has 1 saturated heterocycles. The second-order valence-corrected chi connectivity index (χ2v) is 6.90. The number of hydrogen-bond donors (Lipinski definition) is 1. The lowest BCUT2D eigenvalue weighted by molar-refractivity contribution is -0.124. The summed E-state index contributed by atoms with van der Waals surface area (Å²) in [6.45, 7) is 2.18. The molecule has 2 atom stereocenters. The fourth-order valence-corrected chi connectivity index (χ4v) is 3.92. The Kier molecular flexibility index (Phi) is 3.70. The maximum Gasteiger partial charge on any atom is 0.244 e. The van der Waals surface area contributed by atoms with Crippen LogP contribution in [-0.4, -0.2) is 42.2 Å². The third kappa shape index (κ3) is 3.10. The molecule has 0 radical (unpaired) electrons.